The third kappa shape index (κ3) is 4.84. The molecule has 1 heterocycles. The van der Waals surface area contributed by atoms with Crippen molar-refractivity contribution in [3.8, 4) is 0 Å². The van der Waals surface area contributed by atoms with Gasteiger partial charge in [0.05, 0.1) is 0 Å². The molecule has 1 aromatic carbocycles. The number of piperidine rings is 1. The average molecular weight is 282 g/mol. The summed E-state index contributed by atoms with van der Waals surface area (Å²) in [5, 5.41) is 3.55. The summed E-state index contributed by atoms with van der Waals surface area (Å²) in [6.45, 7) is 6.29. The lowest BCUT2D eigenvalue weighted by Gasteiger charge is -2.32. The molecule has 20 heavy (non-hydrogen) atoms. The van der Waals surface area contributed by atoms with E-state index in [9.17, 15) is 8.78 Å². The Morgan fingerprint density at radius 2 is 1.80 bits per heavy atom. The summed E-state index contributed by atoms with van der Waals surface area (Å²) in [4.78, 5) is 2.38. The van der Waals surface area contributed by atoms with Gasteiger partial charge < -0.3 is 10.2 Å². The van der Waals surface area contributed by atoms with E-state index >= 15 is 0 Å². The van der Waals surface area contributed by atoms with Gasteiger partial charge in [0.2, 0.25) is 0 Å². The fourth-order valence-corrected chi connectivity index (χ4v) is 2.75. The van der Waals surface area contributed by atoms with Crippen molar-refractivity contribution in [2.24, 2.45) is 0 Å². The van der Waals surface area contributed by atoms with Crippen molar-refractivity contribution in [3.05, 3.63) is 35.4 Å². The zero-order valence-electron chi connectivity index (χ0n) is 12.2. The molecule has 1 aliphatic rings. The number of hydrogen-bond donors (Lipinski definition) is 1. The average Bonchev–Trinajstić information content (AvgIpc) is 2.43. The fourth-order valence-electron chi connectivity index (χ4n) is 2.75. The number of nitrogens with zero attached hydrogens (tertiary/aromatic N) is 1. The number of rotatable bonds is 6. The third-order valence-electron chi connectivity index (χ3n) is 3.91. The van der Waals surface area contributed by atoms with E-state index in [0.29, 0.717) is 12.5 Å². The van der Waals surface area contributed by atoms with E-state index in [1.165, 1.54) is 18.6 Å². The Kier molecular flexibility index (Phi) is 5.92. The molecule has 4 heteroatoms. The van der Waals surface area contributed by atoms with E-state index in [0.717, 1.165) is 50.7 Å². The Hall–Kier alpha value is -1.00. The van der Waals surface area contributed by atoms with Crippen LogP contribution in [0.4, 0.5) is 8.78 Å². The molecule has 1 fully saturated rings. The van der Waals surface area contributed by atoms with Crippen LogP contribution in [0.25, 0.3) is 0 Å². The van der Waals surface area contributed by atoms with E-state index < -0.39 is 11.6 Å². The predicted molar refractivity (Wildman–Crippen MR) is 77.8 cm³/mol. The molecule has 0 spiro atoms. The Balaban J connectivity index is 1.73. The molecule has 2 nitrogen and oxygen atoms in total. The molecule has 0 aliphatic carbocycles. The molecule has 0 saturated carbocycles. The molecule has 112 valence electrons. The number of halogens is 2. The minimum Gasteiger partial charge on any atom is -0.314 e. The van der Waals surface area contributed by atoms with Crippen molar-refractivity contribution >= 4 is 0 Å². The van der Waals surface area contributed by atoms with Crippen LogP contribution >= 0.6 is 0 Å². The third-order valence-corrected chi connectivity index (χ3v) is 3.91. The second-order valence-corrected chi connectivity index (χ2v) is 5.60. The monoisotopic (exact) mass is 282 g/mol. The SMILES string of the molecule is CCCNC1CCN(CCc2cc(F)cc(F)c2)CC1. The van der Waals surface area contributed by atoms with Gasteiger partial charge in [0.15, 0.2) is 0 Å². The molecular weight excluding hydrogens is 258 g/mol. The topological polar surface area (TPSA) is 15.3 Å². The molecule has 2 rings (SSSR count). The second kappa shape index (κ2) is 7.70. The van der Waals surface area contributed by atoms with Crippen LogP contribution in [0, 0.1) is 11.6 Å². The van der Waals surface area contributed by atoms with Gasteiger partial charge in [-0.2, -0.15) is 0 Å². The van der Waals surface area contributed by atoms with Crippen LogP contribution in [-0.2, 0) is 6.42 Å². The normalized spacial score (nSPS) is 17.6. The fraction of sp³-hybridized carbons (Fsp3) is 0.625. The quantitative estimate of drug-likeness (QED) is 0.863. The molecular formula is C16H24F2N2. The van der Waals surface area contributed by atoms with E-state index in [-0.39, 0.29) is 0 Å². The second-order valence-electron chi connectivity index (χ2n) is 5.60. The maximum atomic E-state index is 13.1. The Morgan fingerprint density at radius 3 is 2.40 bits per heavy atom. The molecule has 0 aromatic heterocycles. The smallest absolute Gasteiger partial charge is 0.126 e. The molecule has 0 atom stereocenters. The first kappa shape index (κ1) is 15.4. The highest BCUT2D eigenvalue weighted by Gasteiger charge is 2.18. The number of nitrogens with one attached hydrogen (secondary N) is 1. The first-order valence-electron chi connectivity index (χ1n) is 7.58. The highest BCUT2D eigenvalue weighted by Crippen LogP contribution is 2.13. The number of hydrogen-bond acceptors (Lipinski definition) is 2. The van der Waals surface area contributed by atoms with Crippen LogP contribution in [0.2, 0.25) is 0 Å². The molecule has 0 radical (unpaired) electrons. The van der Waals surface area contributed by atoms with E-state index in [4.69, 9.17) is 0 Å². The lowest BCUT2D eigenvalue weighted by molar-refractivity contribution is 0.200. The Labute approximate surface area is 120 Å². The van der Waals surface area contributed by atoms with Gasteiger partial charge in [-0.25, -0.2) is 8.78 Å². The zero-order valence-corrected chi connectivity index (χ0v) is 12.2. The van der Waals surface area contributed by atoms with Gasteiger partial charge in [0.1, 0.15) is 11.6 Å². The highest BCUT2D eigenvalue weighted by molar-refractivity contribution is 5.18. The number of likely N-dealkylation sites (tertiary alicyclic amines) is 1. The lowest BCUT2D eigenvalue weighted by atomic mass is 10.0. The minimum atomic E-state index is -0.484. The molecule has 1 saturated heterocycles. The molecule has 1 aromatic rings. The van der Waals surface area contributed by atoms with Crippen LogP contribution in [-0.4, -0.2) is 37.1 Å². The van der Waals surface area contributed by atoms with Crippen molar-refractivity contribution in [2.75, 3.05) is 26.2 Å². The highest BCUT2D eigenvalue weighted by atomic mass is 19.1. The predicted octanol–water partition coefficient (Wildman–Crippen LogP) is 2.97. The summed E-state index contributed by atoms with van der Waals surface area (Å²) in [5.41, 5.74) is 0.744. The number of benzene rings is 1. The van der Waals surface area contributed by atoms with Gasteiger partial charge in [-0.1, -0.05) is 6.92 Å². The van der Waals surface area contributed by atoms with Crippen LogP contribution in [0.15, 0.2) is 18.2 Å². The van der Waals surface area contributed by atoms with Crippen LogP contribution in [0.5, 0.6) is 0 Å². The standard InChI is InChI=1S/C16H24F2N2/c1-2-6-19-16-4-8-20(9-5-16)7-3-13-10-14(17)12-15(18)11-13/h10-12,16,19H,2-9H2,1H3. The zero-order chi connectivity index (χ0) is 14.4. The van der Waals surface area contributed by atoms with Crippen LogP contribution in [0.1, 0.15) is 31.7 Å². The van der Waals surface area contributed by atoms with Gasteiger partial charge in [-0.15, -0.1) is 0 Å². The summed E-state index contributed by atoms with van der Waals surface area (Å²) >= 11 is 0. The Morgan fingerprint density at radius 1 is 1.15 bits per heavy atom. The maximum Gasteiger partial charge on any atom is 0.126 e. The minimum absolute atomic E-state index is 0.484. The molecule has 0 amide bonds. The molecule has 1 N–H and O–H groups in total. The molecule has 0 unspecified atom stereocenters. The molecule has 0 bridgehead atoms. The van der Waals surface area contributed by atoms with Crippen LogP contribution < -0.4 is 5.32 Å². The van der Waals surface area contributed by atoms with Gasteiger partial charge in [-0.3, -0.25) is 0 Å². The van der Waals surface area contributed by atoms with Gasteiger partial charge >= 0.3 is 0 Å². The maximum absolute atomic E-state index is 13.1. The van der Waals surface area contributed by atoms with Gasteiger partial charge in [0, 0.05) is 18.7 Å². The lowest BCUT2D eigenvalue weighted by Crippen LogP contribution is -2.43. The van der Waals surface area contributed by atoms with Crippen molar-refractivity contribution in [2.45, 2.75) is 38.6 Å². The molecule has 1 aliphatic heterocycles. The van der Waals surface area contributed by atoms with E-state index in [2.05, 4.69) is 17.1 Å². The Bertz CT molecular complexity index is 395. The van der Waals surface area contributed by atoms with E-state index in [1.807, 2.05) is 0 Å². The summed E-state index contributed by atoms with van der Waals surface area (Å²) in [5.74, 6) is -0.968. The van der Waals surface area contributed by atoms with Crippen molar-refractivity contribution in [1.82, 2.24) is 10.2 Å². The summed E-state index contributed by atoms with van der Waals surface area (Å²) in [6, 6.07) is 4.42. The van der Waals surface area contributed by atoms with Gasteiger partial charge in [-0.05, 0) is 63.0 Å². The van der Waals surface area contributed by atoms with Crippen LogP contribution in [0.3, 0.4) is 0 Å². The largest absolute Gasteiger partial charge is 0.314 e. The summed E-state index contributed by atoms with van der Waals surface area (Å²) in [6.07, 6.45) is 4.21. The van der Waals surface area contributed by atoms with Crippen molar-refractivity contribution in [3.63, 3.8) is 0 Å². The first-order chi connectivity index (χ1) is 9.67. The van der Waals surface area contributed by atoms with Gasteiger partial charge in [0.25, 0.3) is 0 Å². The first-order valence-corrected chi connectivity index (χ1v) is 7.58. The summed E-state index contributed by atoms with van der Waals surface area (Å²) in [7, 11) is 0. The summed E-state index contributed by atoms with van der Waals surface area (Å²) < 4.78 is 26.2. The van der Waals surface area contributed by atoms with Crippen molar-refractivity contribution in [1.29, 1.82) is 0 Å². The van der Waals surface area contributed by atoms with Crippen molar-refractivity contribution < 1.29 is 8.78 Å². The van der Waals surface area contributed by atoms with E-state index in [1.54, 1.807) is 0 Å².